The molecule has 0 aliphatic carbocycles. The van der Waals surface area contributed by atoms with Crippen molar-refractivity contribution in [2.75, 3.05) is 6.61 Å². The number of halogens is 2. The predicted octanol–water partition coefficient (Wildman–Crippen LogP) is 3.79. The molecule has 0 fully saturated rings. The largest absolute Gasteiger partial charge is 0.466 e. The third kappa shape index (κ3) is 4.21. The molecule has 0 aromatic heterocycles. The molecule has 0 N–H and O–H groups in total. The van der Waals surface area contributed by atoms with Crippen LogP contribution in [0.5, 0.6) is 0 Å². The average Bonchev–Trinajstić information content (AvgIpc) is 2.29. The Labute approximate surface area is 119 Å². The lowest BCUT2D eigenvalue weighted by molar-refractivity contribution is -0.142. The number of rotatable bonds is 3. The summed E-state index contributed by atoms with van der Waals surface area (Å²) >= 11 is 0. The molecule has 0 bridgehead atoms. The van der Waals surface area contributed by atoms with Crippen LogP contribution in [0, 0.1) is 0 Å². The lowest BCUT2D eigenvalue weighted by Crippen LogP contribution is -2.07. The standard InChI is InChI=1S/C14H14O2.2ClH/c1-2-16-14(15)10-11-7-8-12-5-3-4-6-13(12)9-11;;/h3-9H,2,10H2,1H3;2*1H. The van der Waals surface area contributed by atoms with Gasteiger partial charge in [-0.2, -0.15) is 0 Å². The third-order valence-corrected chi connectivity index (χ3v) is 2.47. The van der Waals surface area contributed by atoms with E-state index in [1.165, 1.54) is 5.39 Å². The van der Waals surface area contributed by atoms with Gasteiger partial charge in [0.05, 0.1) is 13.0 Å². The van der Waals surface area contributed by atoms with Gasteiger partial charge in [-0.3, -0.25) is 4.79 Å². The summed E-state index contributed by atoms with van der Waals surface area (Å²) in [7, 11) is 0. The zero-order valence-electron chi connectivity index (χ0n) is 10.1. The highest BCUT2D eigenvalue weighted by atomic mass is 35.5. The monoisotopic (exact) mass is 286 g/mol. The second-order valence-corrected chi connectivity index (χ2v) is 3.66. The molecule has 0 amide bonds. The van der Waals surface area contributed by atoms with Gasteiger partial charge in [0.1, 0.15) is 0 Å². The lowest BCUT2D eigenvalue weighted by Gasteiger charge is -2.03. The van der Waals surface area contributed by atoms with Crippen molar-refractivity contribution in [2.45, 2.75) is 13.3 Å². The quantitative estimate of drug-likeness (QED) is 0.803. The van der Waals surface area contributed by atoms with Gasteiger partial charge in [-0.05, 0) is 23.3 Å². The third-order valence-electron chi connectivity index (χ3n) is 2.47. The molecule has 0 atom stereocenters. The molecule has 0 saturated heterocycles. The molecule has 0 radical (unpaired) electrons. The van der Waals surface area contributed by atoms with Gasteiger partial charge in [0.15, 0.2) is 0 Å². The Hall–Kier alpha value is -1.25. The molecule has 2 rings (SSSR count). The second kappa shape index (κ2) is 7.96. The number of fused-ring (bicyclic) bond motifs is 1. The maximum Gasteiger partial charge on any atom is 0.310 e. The van der Waals surface area contributed by atoms with Crippen molar-refractivity contribution < 1.29 is 9.53 Å². The van der Waals surface area contributed by atoms with Gasteiger partial charge in [0.2, 0.25) is 0 Å². The highest BCUT2D eigenvalue weighted by Gasteiger charge is 2.04. The molecule has 0 heterocycles. The molecule has 18 heavy (non-hydrogen) atoms. The van der Waals surface area contributed by atoms with Crippen LogP contribution >= 0.6 is 24.8 Å². The minimum absolute atomic E-state index is 0. The number of esters is 1. The topological polar surface area (TPSA) is 26.3 Å². The molecule has 98 valence electrons. The first-order valence-corrected chi connectivity index (χ1v) is 5.43. The van der Waals surface area contributed by atoms with Crippen molar-refractivity contribution in [2.24, 2.45) is 0 Å². The lowest BCUT2D eigenvalue weighted by atomic mass is 10.1. The number of hydrogen-bond acceptors (Lipinski definition) is 2. The Bertz CT molecular complexity index is 512. The summed E-state index contributed by atoms with van der Waals surface area (Å²) in [6.45, 7) is 2.25. The number of benzene rings is 2. The SMILES string of the molecule is CCOC(=O)Cc1ccc2ccccc2c1.Cl.Cl. The summed E-state index contributed by atoms with van der Waals surface area (Å²) in [4.78, 5) is 11.3. The fourth-order valence-corrected chi connectivity index (χ4v) is 1.73. The molecular weight excluding hydrogens is 271 g/mol. The van der Waals surface area contributed by atoms with Gasteiger partial charge in [0, 0.05) is 0 Å². The van der Waals surface area contributed by atoms with Crippen molar-refractivity contribution in [1.29, 1.82) is 0 Å². The van der Waals surface area contributed by atoms with E-state index in [0.29, 0.717) is 13.0 Å². The minimum Gasteiger partial charge on any atom is -0.466 e. The van der Waals surface area contributed by atoms with Crippen LogP contribution in [0.3, 0.4) is 0 Å². The molecular formula is C14H16Cl2O2. The van der Waals surface area contributed by atoms with Gasteiger partial charge in [-0.1, -0.05) is 42.5 Å². The summed E-state index contributed by atoms with van der Waals surface area (Å²) in [5, 5.41) is 2.35. The highest BCUT2D eigenvalue weighted by Crippen LogP contribution is 2.16. The summed E-state index contributed by atoms with van der Waals surface area (Å²) in [5.41, 5.74) is 0.997. The van der Waals surface area contributed by atoms with Crippen molar-refractivity contribution in [3.05, 3.63) is 48.0 Å². The Morgan fingerprint density at radius 1 is 1.06 bits per heavy atom. The van der Waals surface area contributed by atoms with Crippen LogP contribution in [-0.4, -0.2) is 12.6 Å². The molecule has 2 aromatic carbocycles. The smallest absolute Gasteiger partial charge is 0.310 e. The van der Waals surface area contributed by atoms with E-state index < -0.39 is 0 Å². The van der Waals surface area contributed by atoms with E-state index in [0.717, 1.165) is 10.9 Å². The predicted molar refractivity (Wildman–Crippen MR) is 78.8 cm³/mol. The van der Waals surface area contributed by atoms with Gasteiger partial charge in [-0.25, -0.2) is 0 Å². The van der Waals surface area contributed by atoms with Crippen LogP contribution in [0.1, 0.15) is 12.5 Å². The fourth-order valence-electron chi connectivity index (χ4n) is 1.73. The number of ether oxygens (including phenoxy) is 1. The molecule has 0 saturated carbocycles. The van der Waals surface area contributed by atoms with E-state index in [1.807, 2.05) is 43.3 Å². The summed E-state index contributed by atoms with van der Waals surface area (Å²) in [6.07, 6.45) is 0.346. The Morgan fingerprint density at radius 2 is 1.72 bits per heavy atom. The molecule has 0 aliphatic rings. The van der Waals surface area contributed by atoms with Crippen LogP contribution < -0.4 is 0 Å². The first-order valence-electron chi connectivity index (χ1n) is 5.43. The van der Waals surface area contributed by atoms with E-state index in [1.54, 1.807) is 0 Å². The van der Waals surface area contributed by atoms with Gasteiger partial charge >= 0.3 is 5.97 Å². The first kappa shape index (κ1) is 16.8. The summed E-state index contributed by atoms with van der Waals surface area (Å²) in [6, 6.07) is 14.1. The number of carbonyl (C=O) groups excluding carboxylic acids is 1. The Morgan fingerprint density at radius 3 is 2.39 bits per heavy atom. The van der Waals surface area contributed by atoms with E-state index in [-0.39, 0.29) is 30.8 Å². The van der Waals surface area contributed by atoms with Crippen molar-refractivity contribution in [3.8, 4) is 0 Å². The average molecular weight is 287 g/mol. The maximum atomic E-state index is 11.3. The zero-order chi connectivity index (χ0) is 11.4. The van der Waals surface area contributed by atoms with Crippen molar-refractivity contribution in [1.82, 2.24) is 0 Å². The molecule has 2 nitrogen and oxygen atoms in total. The summed E-state index contributed by atoms with van der Waals surface area (Å²) in [5.74, 6) is -0.169. The van der Waals surface area contributed by atoms with Crippen LogP contribution in [0.15, 0.2) is 42.5 Å². The fraction of sp³-hybridized carbons (Fsp3) is 0.214. The van der Waals surface area contributed by atoms with Gasteiger partial charge < -0.3 is 4.74 Å². The van der Waals surface area contributed by atoms with E-state index in [4.69, 9.17) is 4.74 Å². The number of carbonyl (C=O) groups is 1. The molecule has 0 spiro atoms. The highest BCUT2D eigenvalue weighted by molar-refractivity contribution is 5.86. The second-order valence-electron chi connectivity index (χ2n) is 3.66. The van der Waals surface area contributed by atoms with E-state index in [2.05, 4.69) is 6.07 Å². The number of hydrogen-bond donors (Lipinski definition) is 0. The van der Waals surface area contributed by atoms with Gasteiger partial charge in [-0.15, -0.1) is 24.8 Å². The van der Waals surface area contributed by atoms with Crippen molar-refractivity contribution >= 4 is 41.6 Å². The Balaban J connectivity index is 0.00000144. The van der Waals surface area contributed by atoms with Gasteiger partial charge in [0.25, 0.3) is 0 Å². The first-order chi connectivity index (χ1) is 7.79. The Kier molecular flexibility index (Phi) is 7.41. The molecule has 0 unspecified atom stereocenters. The summed E-state index contributed by atoms with van der Waals surface area (Å²) < 4.78 is 4.92. The van der Waals surface area contributed by atoms with Crippen LogP contribution in [0.25, 0.3) is 10.8 Å². The minimum atomic E-state index is -0.169. The van der Waals surface area contributed by atoms with E-state index >= 15 is 0 Å². The van der Waals surface area contributed by atoms with Crippen LogP contribution in [0.2, 0.25) is 0 Å². The van der Waals surface area contributed by atoms with Crippen LogP contribution in [-0.2, 0) is 16.0 Å². The van der Waals surface area contributed by atoms with Crippen molar-refractivity contribution in [3.63, 3.8) is 0 Å². The van der Waals surface area contributed by atoms with E-state index in [9.17, 15) is 4.79 Å². The normalized spacial score (nSPS) is 9.17. The van der Waals surface area contributed by atoms with Crippen LogP contribution in [0.4, 0.5) is 0 Å². The molecule has 2 aromatic rings. The molecule has 4 heteroatoms. The zero-order valence-corrected chi connectivity index (χ0v) is 11.7. The maximum absolute atomic E-state index is 11.3. The molecule has 0 aliphatic heterocycles.